The van der Waals surface area contributed by atoms with Gasteiger partial charge in [0.25, 0.3) is 5.56 Å². The number of benzene rings is 1. The van der Waals surface area contributed by atoms with Gasteiger partial charge in [-0.05, 0) is 17.7 Å². The maximum absolute atomic E-state index is 12.6. The van der Waals surface area contributed by atoms with E-state index in [9.17, 15) is 9.18 Å². The van der Waals surface area contributed by atoms with Gasteiger partial charge in [-0.3, -0.25) is 4.79 Å². The second kappa shape index (κ2) is 4.57. The SMILES string of the molecule is O=c1cc(NCc2ccc(F)cc2)nc[nH]1. The number of aromatic amines is 1. The number of nitrogens with one attached hydrogen (secondary N) is 2. The lowest BCUT2D eigenvalue weighted by atomic mass is 10.2. The van der Waals surface area contributed by atoms with Crippen LogP contribution in [0.1, 0.15) is 5.56 Å². The highest BCUT2D eigenvalue weighted by molar-refractivity contribution is 5.33. The molecule has 16 heavy (non-hydrogen) atoms. The van der Waals surface area contributed by atoms with Gasteiger partial charge >= 0.3 is 0 Å². The van der Waals surface area contributed by atoms with Crippen LogP contribution in [0, 0.1) is 5.82 Å². The lowest BCUT2D eigenvalue weighted by Crippen LogP contribution is -2.08. The fourth-order valence-corrected chi connectivity index (χ4v) is 1.26. The van der Waals surface area contributed by atoms with E-state index in [0.717, 1.165) is 5.56 Å². The number of hydrogen-bond acceptors (Lipinski definition) is 3. The van der Waals surface area contributed by atoms with Crippen molar-refractivity contribution in [2.24, 2.45) is 0 Å². The lowest BCUT2D eigenvalue weighted by Gasteiger charge is -2.04. The van der Waals surface area contributed by atoms with Crippen molar-refractivity contribution in [2.45, 2.75) is 6.54 Å². The average Bonchev–Trinajstić information content (AvgIpc) is 2.28. The van der Waals surface area contributed by atoms with Crippen molar-refractivity contribution in [3.05, 3.63) is 58.4 Å². The summed E-state index contributed by atoms with van der Waals surface area (Å²) in [6, 6.07) is 7.50. The highest BCUT2D eigenvalue weighted by atomic mass is 19.1. The summed E-state index contributed by atoms with van der Waals surface area (Å²) in [5, 5.41) is 2.97. The minimum absolute atomic E-state index is 0.211. The quantitative estimate of drug-likeness (QED) is 0.822. The number of aromatic nitrogens is 2. The Hall–Kier alpha value is -2.17. The molecule has 2 aromatic rings. The van der Waals surface area contributed by atoms with Crippen LogP contribution in [0.2, 0.25) is 0 Å². The van der Waals surface area contributed by atoms with E-state index in [2.05, 4.69) is 15.3 Å². The van der Waals surface area contributed by atoms with E-state index in [1.807, 2.05) is 0 Å². The predicted molar refractivity (Wildman–Crippen MR) is 58.6 cm³/mol. The highest BCUT2D eigenvalue weighted by Crippen LogP contribution is 2.05. The molecular weight excluding hydrogens is 209 g/mol. The van der Waals surface area contributed by atoms with Crippen LogP contribution in [0.3, 0.4) is 0 Å². The standard InChI is InChI=1S/C11H10FN3O/c12-9-3-1-8(2-4-9)6-13-10-5-11(16)15-7-14-10/h1-5,7H,6H2,(H2,13,14,15,16). The average molecular weight is 219 g/mol. The zero-order valence-corrected chi connectivity index (χ0v) is 8.40. The molecule has 0 radical (unpaired) electrons. The van der Waals surface area contributed by atoms with E-state index in [-0.39, 0.29) is 11.4 Å². The first-order valence-corrected chi connectivity index (χ1v) is 4.77. The maximum atomic E-state index is 12.6. The molecule has 0 aliphatic carbocycles. The smallest absolute Gasteiger partial charge is 0.252 e. The van der Waals surface area contributed by atoms with E-state index in [1.54, 1.807) is 12.1 Å². The number of H-pyrrole nitrogens is 1. The number of hydrogen-bond donors (Lipinski definition) is 2. The Bertz CT molecular complexity index is 521. The molecule has 1 aromatic heterocycles. The number of nitrogens with zero attached hydrogens (tertiary/aromatic N) is 1. The van der Waals surface area contributed by atoms with Crippen molar-refractivity contribution in [3.8, 4) is 0 Å². The van der Waals surface area contributed by atoms with Crippen LogP contribution in [-0.2, 0) is 6.54 Å². The summed E-state index contributed by atoms with van der Waals surface area (Å²) in [4.78, 5) is 17.3. The van der Waals surface area contributed by atoms with Gasteiger partial charge in [0.1, 0.15) is 11.6 Å². The molecular formula is C11H10FN3O. The summed E-state index contributed by atoms with van der Waals surface area (Å²) < 4.78 is 12.6. The van der Waals surface area contributed by atoms with Gasteiger partial charge in [0.2, 0.25) is 0 Å². The van der Waals surface area contributed by atoms with Crippen molar-refractivity contribution in [1.29, 1.82) is 0 Å². The summed E-state index contributed by atoms with van der Waals surface area (Å²) in [5.41, 5.74) is 0.708. The zero-order valence-electron chi connectivity index (χ0n) is 8.40. The van der Waals surface area contributed by atoms with Crippen molar-refractivity contribution < 1.29 is 4.39 Å². The van der Waals surface area contributed by atoms with Crippen LogP contribution < -0.4 is 10.9 Å². The van der Waals surface area contributed by atoms with Crippen LogP contribution in [0.15, 0.2) is 41.5 Å². The van der Waals surface area contributed by atoms with E-state index in [1.165, 1.54) is 24.5 Å². The van der Waals surface area contributed by atoms with Crippen LogP contribution in [0.5, 0.6) is 0 Å². The Kier molecular flexibility index (Phi) is 2.95. The summed E-state index contributed by atoms with van der Waals surface area (Å²) in [6.07, 6.45) is 1.33. The van der Waals surface area contributed by atoms with E-state index >= 15 is 0 Å². The molecule has 82 valence electrons. The Balaban J connectivity index is 2.02. The molecule has 5 heteroatoms. The van der Waals surface area contributed by atoms with Gasteiger partial charge < -0.3 is 10.3 Å². The molecule has 2 N–H and O–H groups in total. The zero-order chi connectivity index (χ0) is 11.4. The second-order valence-corrected chi connectivity index (χ2v) is 3.28. The first-order valence-electron chi connectivity index (χ1n) is 4.77. The van der Waals surface area contributed by atoms with Crippen molar-refractivity contribution in [3.63, 3.8) is 0 Å². The Morgan fingerprint density at radius 3 is 2.75 bits per heavy atom. The maximum Gasteiger partial charge on any atom is 0.252 e. The van der Waals surface area contributed by atoms with E-state index < -0.39 is 0 Å². The molecule has 0 bridgehead atoms. The van der Waals surface area contributed by atoms with Gasteiger partial charge in [-0.25, -0.2) is 9.37 Å². The van der Waals surface area contributed by atoms with Gasteiger partial charge in [-0.15, -0.1) is 0 Å². The second-order valence-electron chi connectivity index (χ2n) is 3.28. The molecule has 0 unspecified atom stereocenters. The molecule has 0 aliphatic rings. The molecule has 1 heterocycles. The molecule has 4 nitrogen and oxygen atoms in total. The minimum Gasteiger partial charge on any atom is -0.366 e. The normalized spacial score (nSPS) is 10.1. The Morgan fingerprint density at radius 2 is 2.06 bits per heavy atom. The van der Waals surface area contributed by atoms with Crippen molar-refractivity contribution in [1.82, 2.24) is 9.97 Å². The molecule has 0 fully saturated rings. The van der Waals surface area contributed by atoms with Crippen LogP contribution in [0.4, 0.5) is 10.2 Å². The minimum atomic E-state index is -0.266. The molecule has 0 amide bonds. The van der Waals surface area contributed by atoms with Gasteiger partial charge in [0.05, 0.1) is 6.33 Å². The molecule has 0 saturated heterocycles. The predicted octanol–water partition coefficient (Wildman–Crippen LogP) is 1.52. The molecule has 0 atom stereocenters. The first kappa shape index (κ1) is 10.4. The Morgan fingerprint density at radius 1 is 1.31 bits per heavy atom. The summed E-state index contributed by atoms with van der Waals surface area (Å²) in [6.45, 7) is 0.497. The monoisotopic (exact) mass is 219 g/mol. The number of anilines is 1. The Labute approximate surface area is 91.2 Å². The third-order valence-electron chi connectivity index (χ3n) is 2.07. The molecule has 0 aliphatic heterocycles. The molecule has 0 saturated carbocycles. The molecule has 0 spiro atoms. The molecule has 2 rings (SSSR count). The van der Waals surface area contributed by atoms with Gasteiger partial charge in [-0.2, -0.15) is 0 Å². The topological polar surface area (TPSA) is 57.8 Å². The van der Waals surface area contributed by atoms with Crippen molar-refractivity contribution in [2.75, 3.05) is 5.32 Å². The number of halogens is 1. The summed E-state index contributed by atoms with van der Waals surface area (Å²) in [7, 11) is 0. The fraction of sp³-hybridized carbons (Fsp3) is 0.0909. The van der Waals surface area contributed by atoms with E-state index in [4.69, 9.17) is 0 Å². The largest absolute Gasteiger partial charge is 0.366 e. The van der Waals surface area contributed by atoms with Crippen molar-refractivity contribution >= 4 is 5.82 Å². The summed E-state index contributed by atoms with van der Waals surface area (Å²) >= 11 is 0. The molecule has 1 aromatic carbocycles. The third-order valence-corrected chi connectivity index (χ3v) is 2.07. The van der Waals surface area contributed by atoms with Gasteiger partial charge in [0.15, 0.2) is 0 Å². The number of rotatable bonds is 3. The highest BCUT2D eigenvalue weighted by Gasteiger charge is 1.96. The summed E-state index contributed by atoms with van der Waals surface area (Å²) in [5.74, 6) is 0.228. The lowest BCUT2D eigenvalue weighted by molar-refractivity contribution is 0.627. The fourth-order valence-electron chi connectivity index (χ4n) is 1.26. The first-order chi connectivity index (χ1) is 7.74. The van der Waals surface area contributed by atoms with Gasteiger partial charge in [-0.1, -0.05) is 12.1 Å². The van der Waals surface area contributed by atoms with Crippen LogP contribution in [-0.4, -0.2) is 9.97 Å². The van der Waals surface area contributed by atoms with E-state index in [0.29, 0.717) is 12.4 Å². The van der Waals surface area contributed by atoms with Gasteiger partial charge in [0, 0.05) is 12.6 Å². The van der Waals surface area contributed by atoms with Crippen LogP contribution >= 0.6 is 0 Å². The third kappa shape index (κ3) is 2.66. The van der Waals surface area contributed by atoms with Crippen LogP contribution in [0.25, 0.3) is 0 Å².